The number of hydrogen-bond donors (Lipinski definition) is 3. The predicted octanol–water partition coefficient (Wildman–Crippen LogP) is 3.25. The summed E-state index contributed by atoms with van der Waals surface area (Å²) in [5.41, 5.74) is 5.21. The maximum atomic E-state index is 13.6. The van der Waals surface area contributed by atoms with Crippen LogP contribution in [-0.4, -0.2) is 44.3 Å². The fraction of sp³-hybridized carbons (Fsp3) is 0.217. The Labute approximate surface area is 197 Å². The number of benzene rings is 1. The maximum Gasteiger partial charge on any atom is 0.418 e. The lowest BCUT2D eigenvalue weighted by Gasteiger charge is -2.13. The highest BCUT2D eigenvalue weighted by Gasteiger charge is 2.36. The number of fused-ring (bicyclic) bond motifs is 1. The second-order valence-electron chi connectivity index (χ2n) is 7.60. The molecule has 4 N–H and O–H groups in total. The van der Waals surface area contributed by atoms with E-state index in [4.69, 9.17) is 10.5 Å². The number of nitrogens with two attached hydrogens (primary N) is 1. The molecule has 12 heteroatoms. The molecule has 0 bridgehead atoms. The summed E-state index contributed by atoms with van der Waals surface area (Å²) in [5, 5.41) is 16.9. The van der Waals surface area contributed by atoms with Crippen molar-refractivity contribution in [3.8, 4) is 17.1 Å². The van der Waals surface area contributed by atoms with Crippen LogP contribution in [0, 0.1) is 0 Å². The molecule has 0 aliphatic heterocycles. The Hall–Kier alpha value is -4.19. The SMILES string of the molecule is COc1ncc(-c2cc(C(F)(F)F)c3c(N)ncnn23)cc1C(=O)NCCC(O)c1ccccc1. The van der Waals surface area contributed by atoms with E-state index in [2.05, 4.69) is 20.4 Å². The number of anilines is 1. The number of ether oxygens (including phenoxy) is 1. The minimum absolute atomic E-state index is 0.00439. The molecule has 3 heterocycles. The van der Waals surface area contributed by atoms with Crippen molar-refractivity contribution in [3.63, 3.8) is 0 Å². The van der Waals surface area contributed by atoms with Crippen molar-refractivity contribution in [3.05, 3.63) is 71.7 Å². The fourth-order valence-electron chi connectivity index (χ4n) is 3.67. The van der Waals surface area contributed by atoms with E-state index in [9.17, 15) is 23.1 Å². The molecule has 0 fully saturated rings. The Kier molecular flexibility index (Phi) is 6.56. The van der Waals surface area contributed by atoms with Crippen LogP contribution in [0.5, 0.6) is 5.88 Å². The Morgan fingerprint density at radius 1 is 1.23 bits per heavy atom. The standard InChI is InChI=1S/C23H21F3N6O3/c1-35-22-15(21(34)28-8-7-18(33)13-5-3-2-4-6-13)9-14(11-29-22)17-10-16(23(24,25)26)19-20(27)30-12-31-32(17)19/h2-6,9-12,18,33H,7-8H2,1H3,(H,28,34)(H2,27,30,31). The first-order valence-corrected chi connectivity index (χ1v) is 10.5. The molecule has 9 nitrogen and oxygen atoms in total. The number of aliphatic hydroxyl groups is 1. The van der Waals surface area contributed by atoms with Crippen LogP contribution in [-0.2, 0) is 6.18 Å². The zero-order valence-corrected chi connectivity index (χ0v) is 18.5. The summed E-state index contributed by atoms with van der Waals surface area (Å²) < 4.78 is 47.1. The summed E-state index contributed by atoms with van der Waals surface area (Å²) in [6.45, 7) is 0.137. The van der Waals surface area contributed by atoms with Gasteiger partial charge in [-0.05, 0) is 24.1 Å². The van der Waals surface area contributed by atoms with Crippen molar-refractivity contribution in [1.29, 1.82) is 0 Å². The van der Waals surface area contributed by atoms with Crippen LogP contribution in [0.3, 0.4) is 0 Å². The molecule has 0 spiro atoms. The number of nitrogens with zero attached hydrogens (tertiary/aromatic N) is 4. The van der Waals surface area contributed by atoms with E-state index in [0.717, 1.165) is 16.9 Å². The van der Waals surface area contributed by atoms with Gasteiger partial charge in [0.15, 0.2) is 5.82 Å². The zero-order valence-electron chi connectivity index (χ0n) is 18.5. The number of carbonyl (C=O) groups excluding carboxylic acids is 1. The van der Waals surface area contributed by atoms with Gasteiger partial charge in [0.1, 0.15) is 17.4 Å². The summed E-state index contributed by atoms with van der Waals surface area (Å²) in [7, 11) is 1.32. The molecule has 35 heavy (non-hydrogen) atoms. The van der Waals surface area contributed by atoms with Crippen LogP contribution in [0.2, 0.25) is 0 Å². The highest BCUT2D eigenvalue weighted by molar-refractivity contribution is 5.97. The molecular formula is C23H21F3N6O3. The van der Waals surface area contributed by atoms with Gasteiger partial charge < -0.3 is 20.9 Å². The first-order chi connectivity index (χ1) is 16.7. The van der Waals surface area contributed by atoms with Crippen molar-refractivity contribution in [2.45, 2.75) is 18.7 Å². The van der Waals surface area contributed by atoms with Gasteiger partial charge in [-0.1, -0.05) is 30.3 Å². The number of alkyl halides is 3. The Balaban J connectivity index is 1.63. The highest BCUT2D eigenvalue weighted by atomic mass is 19.4. The number of methoxy groups -OCH3 is 1. The van der Waals surface area contributed by atoms with Gasteiger partial charge in [-0.3, -0.25) is 4.79 Å². The Morgan fingerprint density at radius 3 is 2.66 bits per heavy atom. The number of nitrogens with one attached hydrogen (secondary N) is 1. The summed E-state index contributed by atoms with van der Waals surface area (Å²) >= 11 is 0. The lowest BCUT2D eigenvalue weighted by Crippen LogP contribution is -2.26. The van der Waals surface area contributed by atoms with Crippen LogP contribution in [0.25, 0.3) is 16.8 Å². The van der Waals surface area contributed by atoms with Crippen molar-refractivity contribution in [2.75, 3.05) is 19.4 Å². The molecule has 1 aromatic carbocycles. The summed E-state index contributed by atoms with van der Waals surface area (Å²) in [5.74, 6) is -0.918. The van der Waals surface area contributed by atoms with Crippen molar-refractivity contribution >= 4 is 17.2 Å². The second kappa shape index (κ2) is 9.58. The number of aliphatic hydroxyl groups excluding tert-OH is 1. The molecule has 182 valence electrons. The van der Waals surface area contributed by atoms with E-state index < -0.39 is 29.3 Å². The molecule has 0 radical (unpaired) electrons. The summed E-state index contributed by atoms with van der Waals surface area (Å²) in [6, 6.07) is 11.2. The lowest BCUT2D eigenvalue weighted by molar-refractivity contribution is -0.136. The van der Waals surface area contributed by atoms with Crippen LogP contribution in [0.1, 0.15) is 34.0 Å². The number of nitrogen functional groups attached to an aromatic ring is 1. The zero-order chi connectivity index (χ0) is 25.2. The summed E-state index contributed by atoms with van der Waals surface area (Å²) in [6.07, 6.45) is -2.92. The molecule has 0 aliphatic rings. The average molecular weight is 486 g/mol. The van der Waals surface area contributed by atoms with Crippen molar-refractivity contribution < 1.29 is 27.8 Å². The van der Waals surface area contributed by atoms with Crippen molar-refractivity contribution in [2.24, 2.45) is 0 Å². The third-order valence-electron chi connectivity index (χ3n) is 5.36. The number of aromatic nitrogens is 4. The van der Waals surface area contributed by atoms with Gasteiger partial charge in [-0.15, -0.1) is 0 Å². The molecule has 1 unspecified atom stereocenters. The Morgan fingerprint density at radius 2 is 1.97 bits per heavy atom. The lowest BCUT2D eigenvalue weighted by atomic mass is 10.1. The Bertz CT molecular complexity index is 1360. The van der Waals surface area contributed by atoms with Crippen LogP contribution in [0.4, 0.5) is 19.0 Å². The maximum absolute atomic E-state index is 13.6. The van der Waals surface area contributed by atoms with Gasteiger partial charge >= 0.3 is 6.18 Å². The molecule has 0 saturated heterocycles. The average Bonchev–Trinajstić information content (AvgIpc) is 3.26. The van der Waals surface area contributed by atoms with Crippen LogP contribution < -0.4 is 15.8 Å². The number of pyridine rings is 1. The second-order valence-corrected chi connectivity index (χ2v) is 7.60. The van der Waals surface area contributed by atoms with Crippen LogP contribution >= 0.6 is 0 Å². The van der Waals surface area contributed by atoms with Crippen LogP contribution in [0.15, 0.2) is 55.0 Å². The number of halogens is 3. The van der Waals surface area contributed by atoms with E-state index in [1.807, 2.05) is 6.07 Å². The minimum atomic E-state index is -4.71. The first kappa shape index (κ1) is 24.0. The van der Waals surface area contributed by atoms with Gasteiger partial charge in [-0.25, -0.2) is 14.5 Å². The molecule has 0 aliphatic carbocycles. The van der Waals surface area contributed by atoms with E-state index in [0.29, 0.717) is 5.56 Å². The first-order valence-electron chi connectivity index (χ1n) is 10.5. The third kappa shape index (κ3) is 4.87. The van der Waals surface area contributed by atoms with Gasteiger partial charge in [0.25, 0.3) is 5.91 Å². The monoisotopic (exact) mass is 486 g/mol. The fourth-order valence-corrected chi connectivity index (χ4v) is 3.67. The predicted molar refractivity (Wildman–Crippen MR) is 121 cm³/mol. The van der Waals surface area contributed by atoms with E-state index in [1.54, 1.807) is 24.3 Å². The summed E-state index contributed by atoms with van der Waals surface area (Å²) in [4.78, 5) is 20.6. The quantitative estimate of drug-likeness (QED) is 0.366. The molecule has 4 aromatic rings. The topological polar surface area (TPSA) is 128 Å². The smallest absolute Gasteiger partial charge is 0.418 e. The number of carbonyl (C=O) groups is 1. The minimum Gasteiger partial charge on any atom is -0.480 e. The number of amides is 1. The largest absolute Gasteiger partial charge is 0.480 e. The van der Waals surface area contributed by atoms with E-state index in [1.165, 1.54) is 19.4 Å². The van der Waals surface area contributed by atoms with Crippen molar-refractivity contribution in [1.82, 2.24) is 24.9 Å². The number of rotatable bonds is 7. The number of hydrogen-bond acceptors (Lipinski definition) is 7. The highest BCUT2D eigenvalue weighted by Crippen LogP contribution is 2.38. The third-order valence-corrected chi connectivity index (χ3v) is 5.36. The van der Waals surface area contributed by atoms with Gasteiger partial charge in [0.2, 0.25) is 5.88 Å². The normalized spacial score (nSPS) is 12.5. The molecular weight excluding hydrogens is 465 g/mol. The van der Waals surface area contributed by atoms with Gasteiger partial charge in [-0.2, -0.15) is 18.3 Å². The van der Waals surface area contributed by atoms with Gasteiger partial charge in [0.05, 0.1) is 24.5 Å². The molecule has 0 saturated carbocycles. The molecule has 1 amide bonds. The molecule has 4 rings (SSSR count). The van der Waals surface area contributed by atoms with E-state index >= 15 is 0 Å². The molecule has 1 atom stereocenters. The van der Waals surface area contributed by atoms with Gasteiger partial charge in [0, 0.05) is 18.3 Å². The molecule has 3 aromatic heterocycles. The van der Waals surface area contributed by atoms with E-state index in [-0.39, 0.29) is 41.5 Å².